The van der Waals surface area contributed by atoms with Gasteiger partial charge in [-0.05, 0) is 6.42 Å². The van der Waals surface area contributed by atoms with E-state index in [1.54, 1.807) is 0 Å². The van der Waals surface area contributed by atoms with Crippen molar-refractivity contribution < 1.29 is 55.1 Å². The van der Waals surface area contributed by atoms with E-state index in [2.05, 4.69) is 0 Å². The Kier molecular flexibility index (Phi) is 8.90. The van der Waals surface area contributed by atoms with Crippen molar-refractivity contribution in [3.8, 4) is 0 Å². The lowest BCUT2D eigenvalue weighted by atomic mass is 9.99. The second-order valence-corrected chi connectivity index (χ2v) is 5.50. The van der Waals surface area contributed by atoms with Gasteiger partial charge < -0.3 is 55.1 Å². The summed E-state index contributed by atoms with van der Waals surface area (Å²) in [6.07, 6.45) is -14.5. The quantitative estimate of drug-likeness (QED) is 0.185. The zero-order valence-electron chi connectivity index (χ0n) is 13.1. The lowest BCUT2D eigenvalue weighted by Crippen LogP contribution is -2.60. The second-order valence-electron chi connectivity index (χ2n) is 5.50. The minimum absolute atomic E-state index is 0.200. The first-order valence-electron chi connectivity index (χ1n) is 7.42. The molecule has 11 nitrogen and oxygen atoms in total. The Hall–Kier alpha value is -0.440. The Morgan fingerprint density at radius 3 is 2.08 bits per heavy atom. The smallest absolute Gasteiger partial charge is 0.189 e. The van der Waals surface area contributed by atoms with Gasteiger partial charge >= 0.3 is 0 Å². The highest BCUT2D eigenvalue weighted by atomic mass is 16.8. The van der Waals surface area contributed by atoms with Gasteiger partial charge in [0.15, 0.2) is 12.6 Å². The van der Waals surface area contributed by atoms with Crippen LogP contribution in [-0.4, -0.2) is 116 Å². The molecule has 8 N–H and O–H groups in total. The first kappa shape index (κ1) is 21.6. The van der Waals surface area contributed by atoms with E-state index in [1.165, 1.54) is 0 Å². The number of hydrogen-bond donors (Lipinski definition) is 8. The first-order valence-corrected chi connectivity index (χ1v) is 7.42. The van der Waals surface area contributed by atoms with Gasteiger partial charge in [-0.15, -0.1) is 0 Å². The average Bonchev–Trinajstić information content (AvgIpc) is 2.58. The van der Waals surface area contributed by atoms with Gasteiger partial charge in [-0.1, -0.05) is 0 Å². The molecule has 0 amide bonds. The van der Waals surface area contributed by atoms with Crippen LogP contribution in [0.15, 0.2) is 0 Å². The van der Waals surface area contributed by atoms with Crippen LogP contribution in [-0.2, 0) is 14.2 Å². The third kappa shape index (κ3) is 5.03. The molecule has 1 heterocycles. The summed E-state index contributed by atoms with van der Waals surface area (Å²) in [5, 5.41) is 76.4. The Bertz CT molecular complexity index is 355. The van der Waals surface area contributed by atoms with Crippen LogP contribution in [0.1, 0.15) is 6.42 Å². The number of aliphatic hydroxyl groups excluding tert-OH is 8. The van der Waals surface area contributed by atoms with E-state index in [0.717, 1.165) is 7.11 Å². The molecule has 0 aromatic heterocycles. The molecule has 0 bridgehead atoms. The number of rotatable bonds is 9. The molecule has 0 radical (unpaired) electrons. The van der Waals surface area contributed by atoms with Crippen molar-refractivity contribution in [2.24, 2.45) is 0 Å². The number of methoxy groups -OCH3 is 1. The topological polar surface area (TPSA) is 190 Å². The van der Waals surface area contributed by atoms with Gasteiger partial charge in [-0.3, -0.25) is 0 Å². The van der Waals surface area contributed by atoms with E-state index in [9.17, 15) is 30.6 Å². The molecular formula is C13H26O11. The summed E-state index contributed by atoms with van der Waals surface area (Å²) < 4.78 is 15.1. The van der Waals surface area contributed by atoms with Crippen molar-refractivity contribution in [2.45, 2.75) is 61.7 Å². The molecule has 1 aliphatic rings. The van der Waals surface area contributed by atoms with E-state index in [-0.39, 0.29) is 6.42 Å². The molecule has 0 saturated carbocycles. The van der Waals surface area contributed by atoms with Crippen LogP contribution >= 0.6 is 0 Å². The van der Waals surface area contributed by atoms with E-state index in [4.69, 9.17) is 24.4 Å². The normalized spacial score (nSPS) is 36.1. The Morgan fingerprint density at radius 2 is 1.58 bits per heavy atom. The molecule has 1 fully saturated rings. The molecule has 0 spiro atoms. The maximum absolute atomic E-state index is 9.99. The fourth-order valence-corrected chi connectivity index (χ4v) is 2.28. The summed E-state index contributed by atoms with van der Waals surface area (Å²) in [5.41, 5.74) is 0. The summed E-state index contributed by atoms with van der Waals surface area (Å²) in [6.45, 7) is -1.08. The maximum Gasteiger partial charge on any atom is 0.189 e. The van der Waals surface area contributed by atoms with Crippen LogP contribution in [0.3, 0.4) is 0 Å². The third-order valence-corrected chi connectivity index (χ3v) is 3.80. The van der Waals surface area contributed by atoms with Gasteiger partial charge in [0, 0.05) is 13.7 Å². The summed E-state index contributed by atoms with van der Waals surface area (Å²) >= 11 is 0. The maximum atomic E-state index is 9.99. The van der Waals surface area contributed by atoms with Crippen LogP contribution in [0.2, 0.25) is 0 Å². The molecule has 3 unspecified atom stereocenters. The Morgan fingerprint density at radius 1 is 0.958 bits per heavy atom. The van der Waals surface area contributed by atoms with Crippen molar-refractivity contribution >= 4 is 0 Å². The fourth-order valence-electron chi connectivity index (χ4n) is 2.28. The van der Waals surface area contributed by atoms with Crippen molar-refractivity contribution in [1.29, 1.82) is 0 Å². The zero-order valence-corrected chi connectivity index (χ0v) is 13.1. The minimum Gasteiger partial charge on any atom is -0.396 e. The minimum atomic E-state index is -1.77. The molecule has 0 aromatic carbocycles. The molecule has 11 heteroatoms. The van der Waals surface area contributed by atoms with Gasteiger partial charge in [-0.25, -0.2) is 0 Å². The fraction of sp³-hybridized carbons (Fsp3) is 1.00. The highest BCUT2D eigenvalue weighted by Gasteiger charge is 2.46. The van der Waals surface area contributed by atoms with Gasteiger partial charge in [0.25, 0.3) is 0 Å². The molecule has 1 aliphatic heterocycles. The Labute approximate surface area is 138 Å². The lowest BCUT2D eigenvalue weighted by molar-refractivity contribution is -0.349. The van der Waals surface area contributed by atoms with Gasteiger partial charge in [0.2, 0.25) is 0 Å². The third-order valence-electron chi connectivity index (χ3n) is 3.80. The molecule has 1 rings (SSSR count). The Balaban J connectivity index is 2.75. The van der Waals surface area contributed by atoms with Gasteiger partial charge in [0.05, 0.1) is 12.7 Å². The SMILES string of the molecule is CO[C@H](O[C@@H]1O[C@H](CO)[C@H](O)C(O)C1O)C(O)[C@@H](O)[C@H](O)CCO. The number of aliphatic hydroxyl groups is 8. The van der Waals surface area contributed by atoms with Crippen LogP contribution in [0, 0.1) is 0 Å². The molecule has 0 aliphatic carbocycles. The number of ether oxygens (including phenoxy) is 3. The predicted molar refractivity (Wildman–Crippen MR) is 75.4 cm³/mol. The second kappa shape index (κ2) is 9.89. The van der Waals surface area contributed by atoms with Gasteiger partial charge in [-0.2, -0.15) is 0 Å². The molecular weight excluding hydrogens is 332 g/mol. The summed E-state index contributed by atoms with van der Waals surface area (Å²) in [7, 11) is 1.11. The van der Waals surface area contributed by atoms with Crippen molar-refractivity contribution in [3.05, 3.63) is 0 Å². The van der Waals surface area contributed by atoms with E-state index in [1.807, 2.05) is 0 Å². The van der Waals surface area contributed by atoms with Crippen LogP contribution < -0.4 is 0 Å². The highest BCUT2D eigenvalue weighted by molar-refractivity contribution is 4.89. The van der Waals surface area contributed by atoms with E-state index < -0.39 is 68.5 Å². The molecule has 9 atom stereocenters. The molecule has 144 valence electrons. The van der Waals surface area contributed by atoms with Crippen molar-refractivity contribution in [3.63, 3.8) is 0 Å². The summed E-state index contributed by atoms with van der Waals surface area (Å²) in [5.74, 6) is 0. The van der Waals surface area contributed by atoms with E-state index in [0.29, 0.717) is 0 Å². The monoisotopic (exact) mass is 358 g/mol. The largest absolute Gasteiger partial charge is 0.396 e. The van der Waals surface area contributed by atoms with E-state index >= 15 is 0 Å². The molecule has 0 aromatic rings. The summed E-state index contributed by atoms with van der Waals surface area (Å²) in [4.78, 5) is 0. The van der Waals surface area contributed by atoms with Crippen LogP contribution in [0.5, 0.6) is 0 Å². The van der Waals surface area contributed by atoms with Crippen molar-refractivity contribution in [2.75, 3.05) is 20.3 Å². The lowest BCUT2D eigenvalue weighted by Gasteiger charge is -2.41. The van der Waals surface area contributed by atoms with Crippen LogP contribution in [0.25, 0.3) is 0 Å². The van der Waals surface area contributed by atoms with Gasteiger partial charge in [0.1, 0.15) is 36.6 Å². The van der Waals surface area contributed by atoms with Crippen molar-refractivity contribution in [1.82, 2.24) is 0 Å². The standard InChI is InChI=1S/C13H26O11/c1-22-12(10(20)7(17)5(16)2-3-14)24-13-11(21)9(19)8(18)6(4-15)23-13/h5-21H,2-4H2,1H3/t5-,6-,7+,8+,9?,10?,11?,12-,13+/m1/s1. The molecule has 24 heavy (non-hydrogen) atoms. The molecule has 1 saturated heterocycles. The first-order chi connectivity index (χ1) is 11.3. The van der Waals surface area contributed by atoms with Crippen LogP contribution in [0.4, 0.5) is 0 Å². The predicted octanol–water partition coefficient (Wildman–Crippen LogP) is -4.76. The zero-order chi connectivity index (χ0) is 18.4. The highest BCUT2D eigenvalue weighted by Crippen LogP contribution is 2.24. The average molecular weight is 358 g/mol. The summed E-state index contributed by atoms with van der Waals surface area (Å²) in [6, 6.07) is 0. The number of hydrogen-bond acceptors (Lipinski definition) is 11.